The lowest BCUT2D eigenvalue weighted by Gasteiger charge is -2.41. The van der Waals surface area contributed by atoms with Gasteiger partial charge in [0.15, 0.2) is 0 Å². The quantitative estimate of drug-likeness (QED) is 0.822. The molecule has 1 unspecified atom stereocenters. The Bertz CT molecular complexity index is 465. The van der Waals surface area contributed by atoms with Gasteiger partial charge in [0.25, 0.3) is 0 Å². The van der Waals surface area contributed by atoms with Gasteiger partial charge in [0.05, 0.1) is 6.61 Å². The van der Waals surface area contributed by atoms with Crippen LogP contribution in [-0.2, 0) is 6.54 Å². The van der Waals surface area contributed by atoms with Gasteiger partial charge in [-0.3, -0.25) is 4.90 Å². The van der Waals surface area contributed by atoms with Crippen molar-refractivity contribution in [3.8, 4) is 5.75 Å². The molecule has 0 bridgehead atoms. The lowest BCUT2D eigenvalue weighted by atomic mass is 9.95. The molecule has 0 aromatic heterocycles. The van der Waals surface area contributed by atoms with Crippen LogP contribution in [0.1, 0.15) is 45.1 Å². The maximum absolute atomic E-state index is 5.52. The lowest BCUT2D eigenvalue weighted by molar-refractivity contribution is 0.0729. The largest absolute Gasteiger partial charge is 0.494 e. The molecule has 0 amide bonds. The molecule has 2 fully saturated rings. The van der Waals surface area contributed by atoms with Crippen LogP contribution in [0, 0.1) is 5.92 Å². The van der Waals surface area contributed by atoms with Crippen LogP contribution >= 0.6 is 0 Å². The van der Waals surface area contributed by atoms with Crippen LogP contribution in [0.15, 0.2) is 24.3 Å². The molecule has 3 heteroatoms. The molecule has 2 aliphatic rings. The number of hydrogen-bond acceptors (Lipinski definition) is 3. The van der Waals surface area contributed by atoms with Crippen molar-refractivity contribution >= 4 is 0 Å². The Morgan fingerprint density at radius 3 is 2.43 bits per heavy atom. The lowest BCUT2D eigenvalue weighted by Crippen LogP contribution is -2.47. The molecule has 3 rings (SSSR count). The minimum Gasteiger partial charge on any atom is -0.494 e. The second-order valence-corrected chi connectivity index (χ2v) is 7.33. The Kier molecular flexibility index (Phi) is 5.96. The van der Waals surface area contributed by atoms with Gasteiger partial charge in [0, 0.05) is 19.1 Å². The van der Waals surface area contributed by atoms with E-state index in [-0.39, 0.29) is 0 Å². The Morgan fingerprint density at radius 2 is 1.78 bits per heavy atom. The highest BCUT2D eigenvalue weighted by atomic mass is 16.5. The monoisotopic (exact) mass is 316 g/mol. The van der Waals surface area contributed by atoms with Crippen LogP contribution < -0.4 is 4.74 Å². The van der Waals surface area contributed by atoms with Crippen LogP contribution in [0.25, 0.3) is 0 Å². The molecule has 1 aromatic rings. The summed E-state index contributed by atoms with van der Waals surface area (Å²) in [5, 5.41) is 0. The molecule has 0 aliphatic carbocycles. The highest BCUT2D eigenvalue weighted by Gasteiger charge is 2.27. The first-order valence-corrected chi connectivity index (χ1v) is 9.42. The first kappa shape index (κ1) is 16.8. The number of rotatable bonds is 5. The summed E-state index contributed by atoms with van der Waals surface area (Å²) in [5.74, 6) is 1.87. The number of nitrogens with zero attached hydrogens (tertiary/aromatic N) is 2. The molecule has 128 valence electrons. The zero-order valence-electron chi connectivity index (χ0n) is 14.8. The summed E-state index contributed by atoms with van der Waals surface area (Å²) in [6.45, 7) is 11.4. The van der Waals surface area contributed by atoms with Gasteiger partial charge >= 0.3 is 0 Å². The SMILES string of the molecule is CCOc1ccc(CN2CCC(N3CCCC(C)C3)CC2)cc1. The van der Waals surface area contributed by atoms with Crippen molar-refractivity contribution in [1.29, 1.82) is 0 Å². The molecule has 0 spiro atoms. The van der Waals surface area contributed by atoms with Gasteiger partial charge in [-0.1, -0.05) is 19.1 Å². The van der Waals surface area contributed by atoms with Crippen molar-refractivity contribution in [2.75, 3.05) is 32.8 Å². The van der Waals surface area contributed by atoms with Gasteiger partial charge in [-0.25, -0.2) is 0 Å². The van der Waals surface area contributed by atoms with Crippen LogP contribution in [-0.4, -0.2) is 48.6 Å². The molecular weight excluding hydrogens is 284 g/mol. The Labute approximate surface area is 141 Å². The summed E-state index contributed by atoms with van der Waals surface area (Å²) in [6, 6.07) is 9.45. The molecule has 2 heterocycles. The topological polar surface area (TPSA) is 15.7 Å². The summed E-state index contributed by atoms with van der Waals surface area (Å²) in [5.41, 5.74) is 1.40. The average Bonchev–Trinajstić information content (AvgIpc) is 2.58. The van der Waals surface area contributed by atoms with Gasteiger partial charge < -0.3 is 9.64 Å². The van der Waals surface area contributed by atoms with Crippen molar-refractivity contribution in [3.05, 3.63) is 29.8 Å². The first-order valence-electron chi connectivity index (χ1n) is 9.42. The molecule has 23 heavy (non-hydrogen) atoms. The number of piperidine rings is 2. The van der Waals surface area contributed by atoms with E-state index >= 15 is 0 Å². The van der Waals surface area contributed by atoms with Crippen molar-refractivity contribution in [1.82, 2.24) is 9.80 Å². The summed E-state index contributed by atoms with van der Waals surface area (Å²) < 4.78 is 5.52. The number of hydrogen-bond donors (Lipinski definition) is 0. The van der Waals surface area contributed by atoms with E-state index in [9.17, 15) is 0 Å². The maximum Gasteiger partial charge on any atom is 0.119 e. The predicted molar refractivity (Wildman–Crippen MR) is 95.9 cm³/mol. The molecule has 2 saturated heterocycles. The third-order valence-corrected chi connectivity index (χ3v) is 5.40. The highest BCUT2D eigenvalue weighted by molar-refractivity contribution is 5.27. The fraction of sp³-hybridized carbons (Fsp3) is 0.700. The maximum atomic E-state index is 5.52. The van der Waals surface area contributed by atoms with E-state index in [2.05, 4.69) is 41.0 Å². The van der Waals surface area contributed by atoms with E-state index in [1.807, 2.05) is 6.92 Å². The summed E-state index contributed by atoms with van der Waals surface area (Å²) >= 11 is 0. The molecule has 1 aromatic carbocycles. The van der Waals surface area contributed by atoms with E-state index in [0.717, 1.165) is 30.9 Å². The fourth-order valence-electron chi connectivity index (χ4n) is 4.12. The predicted octanol–water partition coefficient (Wildman–Crippen LogP) is 3.78. The van der Waals surface area contributed by atoms with Gasteiger partial charge in [-0.15, -0.1) is 0 Å². The van der Waals surface area contributed by atoms with Gasteiger partial charge in [0.1, 0.15) is 5.75 Å². The summed E-state index contributed by atoms with van der Waals surface area (Å²) in [7, 11) is 0. The summed E-state index contributed by atoms with van der Waals surface area (Å²) in [4.78, 5) is 5.38. The molecule has 1 atom stereocenters. The van der Waals surface area contributed by atoms with E-state index in [4.69, 9.17) is 4.74 Å². The van der Waals surface area contributed by atoms with E-state index in [1.54, 1.807) is 0 Å². The molecule has 3 nitrogen and oxygen atoms in total. The standard InChI is InChI=1S/C20H32N2O/c1-3-23-20-8-6-18(7-9-20)16-21-13-10-19(11-14-21)22-12-4-5-17(2)15-22/h6-9,17,19H,3-5,10-16H2,1-2H3. The van der Waals surface area contributed by atoms with Crippen LogP contribution in [0.3, 0.4) is 0 Å². The first-order chi connectivity index (χ1) is 11.2. The van der Waals surface area contributed by atoms with E-state index in [0.29, 0.717) is 0 Å². The zero-order chi connectivity index (χ0) is 16.1. The smallest absolute Gasteiger partial charge is 0.119 e. The molecule has 2 aliphatic heterocycles. The Morgan fingerprint density at radius 1 is 1.04 bits per heavy atom. The Balaban J connectivity index is 1.45. The van der Waals surface area contributed by atoms with Gasteiger partial charge in [-0.05, 0) is 75.9 Å². The minimum atomic E-state index is 0.738. The second kappa shape index (κ2) is 8.16. The number of ether oxygens (including phenoxy) is 1. The molecular formula is C20H32N2O. The number of likely N-dealkylation sites (tertiary alicyclic amines) is 2. The number of benzene rings is 1. The van der Waals surface area contributed by atoms with Gasteiger partial charge in [-0.2, -0.15) is 0 Å². The van der Waals surface area contributed by atoms with Crippen molar-refractivity contribution < 1.29 is 4.74 Å². The summed E-state index contributed by atoms with van der Waals surface area (Å²) in [6.07, 6.45) is 5.49. The highest BCUT2D eigenvalue weighted by Crippen LogP contribution is 2.24. The van der Waals surface area contributed by atoms with Crippen molar-refractivity contribution in [2.24, 2.45) is 5.92 Å². The molecule has 0 N–H and O–H groups in total. The second-order valence-electron chi connectivity index (χ2n) is 7.33. The van der Waals surface area contributed by atoms with E-state index < -0.39 is 0 Å². The van der Waals surface area contributed by atoms with Crippen molar-refractivity contribution in [2.45, 2.75) is 52.1 Å². The fourth-order valence-corrected chi connectivity index (χ4v) is 4.12. The van der Waals surface area contributed by atoms with Crippen molar-refractivity contribution in [3.63, 3.8) is 0 Å². The third-order valence-electron chi connectivity index (χ3n) is 5.40. The average molecular weight is 316 g/mol. The van der Waals surface area contributed by atoms with E-state index in [1.165, 1.54) is 57.4 Å². The van der Waals surface area contributed by atoms with Crippen LogP contribution in [0.4, 0.5) is 0 Å². The third kappa shape index (κ3) is 4.71. The van der Waals surface area contributed by atoms with Crippen LogP contribution in [0.2, 0.25) is 0 Å². The Hall–Kier alpha value is -1.06. The normalized spacial score (nSPS) is 24.7. The van der Waals surface area contributed by atoms with Crippen LogP contribution in [0.5, 0.6) is 5.75 Å². The minimum absolute atomic E-state index is 0.738. The van der Waals surface area contributed by atoms with Gasteiger partial charge in [0.2, 0.25) is 0 Å². The zero-order valence-corrected chi connectivity index (χ0v) is 14.8. The molecule has 0 saturated carbocycles. The molecule has 0 radical (unpaired) electrons.